The van der Waals surface area contributed by atoms with Crippen LogP contribution in [-0.4, -0.2) is 22.0 Å². The van der Waals surface area contributed by atoms with Crippen molar-refractivity contribution in [2.24, 2.45) is 0 Å². The van der Waals surface area contributed by atoms with E-state index in [0.717, 1.165) is 22.5 Å². The average Bonchev–Trinajstić information content (AvgIpc) is 2.59. The highest BCUT2D eigenvalue weighted by Crippen LogP contribution is 2.31. The minimum Gasteiger partial charge on any atom is -0.438 e. The van der Waals surface area contributed by atoms with E-state index >= 15 is 0 Å². The molecular formula is C17H17N5O. The number of hydrogen-bond acceptors (Lipinski definition) is 6. The first-order valence-corrected chi connectivity index (χ1v) is 7.17. The van der Waals surface area contributed by atoms with Crippen LogP contribution in [0.25, 0.3) is 11.3 Å². The van der Waals surface area contributed by atoms with Crippen LogP contribution in [0.1, 0.15) is 5.56 Å². The molecule has 6 heteroatoms. The summed E-state index contributed by atoms with van der Waals surface area (Å²) in [6, 6.07) is 11.1. The van der Waals surface area contributed by atoms with Crippen molar-refractivity contribution in [3.05, 3.63) is 54.4 Å². The van der Waals surface area contributed by atoms with Crippen LogP contribution in [-0.2, 0) is 0 Å². The molecule has 116 valence electrons. The normalized spacial score (nSPS) is 10.3. The SMILES string of the molecule is CNc1nccc(-c2cccnc2Oc2ccc(N)c(C)c2)n1. The predicted octanol–water partition coefficient (Wildman–Crippen LogP) is 3.26. The van der Waals surface area contributed by atoms with Gasteiger partial charge in [0.25, 0.3) is 0 Å². The lowest BCUT2D eigenvalue weighted by Crippen LogP contribution is -1.98. The smallest absolute Gasteiger partial charge is 0.228 e. The van der Waals surface area contributed by atoms with Crippen LogP contribution in [0, 0.1) is 6.92 Å². The van der Waals surface area contributed by atoms with Crippen molar-refractivity contribution >= 4 is 11.6 Å². The van der Waals surface area contributed by atoms with E-state index in [9.17, 15) is 0 Å². The Morgan fingerprint density at radius 2 is 1.96 bits per heavy atom. The lowest BCUT2D eigenvalue weighted by molar-refractivity contribution is 0.464. The lowest BCUT2D eigenvalue weighted by atomic mass is 10.2. The number of ether oxygens (including phenoxy) is 1. The maximum atomic E-state index is 5.93. The Labute approximate surface area is 134 Å². The summed E-state index contributed by atoms with van der Waals surface area (Å²) in [7, 11) is 1.77. The highest BCUT2D eigenvalue weighted by atomic mass is 16.5. The second kappa shape index (κ2) is 6.31. The lowest BCUT2D eigenvalue weighted by Gasteiger charge is -2.11. The van der Waals surface area contributed by atoms with Crippen molar-refractivity contribution in [1.29, 1.82) is 0 Å². The minimum absolute atomic E-state index is 0.484. The van der Waals surface area contributed by atoms with Gasteiger partial charge in [-0.25, -0.2) is 15.0 Å². The molecule has 0 saturated heterocycles. The van der Waals surface area contributed by atoms with E-state index in [4.69, 9.17) is 10.5 Å². The first-order chi connectivity index (χ1) is 11.2. The van der Waals surface area contributed by atoms with E-state index in [-0.39, 0.29) is 0 Å². The van der Waals surface area contributed by atoms with Crippen molar-refractivity contribution < 1.29 is 4.74 Å². The molecule has 0 aliphatic carbocycles. The molecule has 0 radical (unpaired) electrons. The van der Waals surface area contributed by atoms with E-state index in [1.807, 2.05) is 43.3 Å². The number of anilines is 2. The van der Waals surface area contributed by atoms with Crippen molar-refractivity contribution in [3.63, 3.8) is 0 Å². The molecule has 0 aliphatic rings. The highest BCUT2D eigenvalue weighted by Gasteiger charge is 2.11. The van der Waals surface area contributed by atoms with Gasteiger partial charge in [-0.3, -0.25) is 0 Å². The van der Waals surface area contributed by atoms with Gasteiger partial charge in [-0.15, -0.1) is 0 Å². The summed E-state index contributed by atoms with van der Waals surface area (Å²) >= 11 is 0. The second-order valence-electron chi connectivity index (χ2n) is 4.99. The summed E-state index contributed by atoms with van der Waals surface area (Å²) in [5.74, 6) is 1.71. The van der Waals surface area contributed by atoms with Crippen LogP contribution in [0.5, 0.6) is 11.6 Å². The molecule has 0 bridgehead atoms. The first kappa shape index (κ1) is 14.8. The van der Waals surface area contributed by atoms with Crippen LogP contribution >= 0.6 is 0 Å². The van der Waals surface area contributed by atoms with Crippen LogP contribution in [0.2, 0.25) is 0 Å². The summed E-state index contributed by atoms with van der Waals surface area (Å²) in [4.78, 5) is 12.9. The Balaban J connectivity index is 1.98. The number of nitrogens with two attached hydrogens (primary N) is 1. The van der Waals surface area contributed by atoms with E-state index in [1.165, 1.54) is 0 Å². The van der Waals surface area contributed by atoms with Crippen molar-refractivity contribution in [2.45, 2.75) is 6.92 Å². The van der Waals surface area contributed by atoms with Gasteiger partial charge in [-0.05, 0) is 48.9 Å². The molecule has 0 atom stereocenters. The summed E-state index contributed by atoms with van der Waals surface area (Å²) in [5, 5.41) is 2.92. The predicted molar refractivity (Wildman–Crippen MR) is 90.5 cm³/mol. The van der Waals surface area contributed by atoms with Gasteiger partial charge in [0.05, 0.1) is 11.3 Å². The highest BCUT2D eigenvalue weighted by molar-refractivity contribution is 5.66. The zero-order chi connectivity index (χ0) is 16.2. The van der Waals surface area contributed by atoms with Crippen molar-refractivity contribution in [3.8, 4) is 22.9 Å². The summed E-state index contributed by atoms with van der Waals surface area (Å²) < 4.78 is 5.93. The van der Waals surface area contributed by atoms with Gasteiger partial charge in [0.1, 0.15) is 5.75 Å². The maximum Gasteiger partial charge on any atom is 0.228 e. The third-order valence-electron chi connectivity index (χ3n) is 3.38. The van der Waals surface area contributed by atoms with Gasteiger partial charge < -0.3 is 15.8 Å². The molecule has 6 nitrogen and oxygen atoms in total. The second-order valence-corrected chi connectivity index (χ2v) is 4.99. The quantitative estimate of drug-likeness (QED) is 0.719. The first-order valence-electron chi connectivity index (χ1n) is 7.17. The Kier molecular flexibility index (Phi) is 4.05. The Hall–Kier alpha value is -3.15. The Morgan fingerprint density at radius 3 is 2.74 bits per heavy atom. The molecule has 0 aliphatic heterocycles. The zero-order valence-corrected chi connectivity index (χ0v) is 12.9. The number of hydrogen-bond donors (Lipinski definition) is 2. The topological polar surface area (TPSA) is 86.0 Å². The third kappa shape index (κ3) is 3.21. The summed E-state index contributed by atoms with van der Waals surface area (Å²) in [6.07, 6.45) is 3.38. The van der Waals surface area contributed by atoms with Crippen LogP contribution in [0.3, 0.4) is 0 Å². The maximum absolute atomic E-state index is 5.93. The molecule has 23 heavy (non-hydrogen) atoms. The Bertz CT molecular complexity index is 835. The number of aromatic nitrogens is 3. The van der Waals surface area contributed by atoms with E-state index in [2.05, 4.69) is 20.3 Å². The number of nitrogens with zero attached hydrogens (tertiary/aromatic N) is 3. The molecule has 3 rings (SSSR count). The number of aryl methyl sites for hydroxylation is 1. The molecule has 2 heterocycles. The number of rotatable bonds is 4. The molecule has 2 aromatic heterocycles. The van der Waals surface area contributed by atoms with Crippen LogP contribution in [0.4, 0.5) is 11.6 Å². The monoisotopic (exact) mass is 307 g/mol. The zero-order valence-electron chi connectivity index (χ0n) is 12.9. The molecule has 3 aromatic rings. The Morgan fingerprint density at radius 1 is 1.09 bits per heavy atom. The molecule has 0 saturated carbocycles. The molecular weight excluding hydrogens is 290 g/mol. The summed E-state index contributed by atoms with van der Waals surface area (Å²) in [6.45, 7) is 1.94. The number of pyridine rings is 1. The fourth-order valence-electron chi connectivity index (χ4n) is 2.12. The molecule has 0 amide bonds. The molecule has 1 aromatic carbocycles. The van der Waals surface area contributed by atoms with E-state index in [0.29, 0.717) is 17.6 Å². The molecule has 0 fully saturated rings. The molecule has 3 N–H and O–H groups in total. The third-order valence-corrected chi connectivity index (χ3v) is 3.38. The number of nitrogen functional groups attached to an aromatic ring is 1. The number of benzene rings is 1. The molecule has 0 spiro atoms. The summed E-state index contributed by atoms with van der Waals surface area (Å²) in [5.41, 5.74) is 9.06. The minimum atomic E-state index is 0.484. The average molecular weight is 307 g/mol. The van der Waals surface area contributed by atoms with Gasteiger partial charge in [-0.2, -0.15) is 0 Å². The van der Waals surface area contributed by atoms with Gasteiger partial charge in [0.15, 0.2) is 0 Å². The van der Waals surface area contributed by atoms with Crippen LogP contribution in [0.15, 0.2) is 48.8 Å². The van der Waals surface area contributed by atoms with Crippen molar-refractivity contribution in [2.75, 3.05) is 18.1 Å². The van der Waals surface area contributed by atoms with Crippen molar-refractivity contribution in [1.82, 2.24) is 15.0 Å². The number of nitrogens with one attached hydrogen (secondary N) is 1. The van der Waals surface area contributed by atoms with E-state index in [1.54, 1.807) is 19.4 Å². The van der Waals surface area contributed by atoms with Gasteiger partial charge in [0.2, 0.25) is 11.8 Å². The van der Waals surface area contributed by atoms with Gasteiger partial charge >= 0.3 is 0 Å². The fraction of sp³-hybridized carbons (Fsp3) is 0.118. The fourth-order valence-corrected chi connectivity index (χ4v) is 2.12. The van der Waals surface area contributed by atoms with E-state index < -0.39 is 0 Å². The largest absolute Gasteiger partial charge is 0.438 e. The van der Waals surface area contributed by atoms with Gasteiger partial charge in [0, 0.05) is 25.1 Å². The molecule has 0 unspecified atom stereocenters. The van der Waals surface area contributed by atoms with Gasteiger partial charge in [-0.1, -0.05) is 0 Å². The van der Waals surface area contributed by atoms with Crippen LogP contribution < -0.4 is 15.8 Å². The standard InChI is InChI=1S/C17H17N5O/c1-11-10-12(5-6-14(11)18)23-16-13(4-3-8-20-16)15-7-9-21-17(19-2)22-15/h3-10H,18H2,1-2H3,(H,19,21,22).